The van der Waals surface area contributed by atoms with Crippen molar-refractivity contribution in [3.05, 3.63) is 36.5 Å². The summed E-state index contributed by atoms with van der Waals surface area (Å²) in [6.07, 6.45) is 10.2. The molecule has 8 aliphatic carbocycles. The van der Waals surface area contributed by atoms with E-state index in [0.29, 0.717) is 47.7 Å². The van der Waals surface area contributed by atoms with Crippen LogP contribution in [0.25, 0.3) is 0 Å². The number of ether oxygens (including phenoxy) is 8. The first-order chi connectivity index (χ1) is 43.2. The van der Waals surface area contributed by atoms with E-state index in [2.05, 4.69) is 54.7 Å². The number of carbonyl (C=O) groups excluding carboxylic acids is 8. The Kier molecular flexibility index (Phi) is 29.2. The maximum absolute atomic E-state index is 13.2. The van der Waals surface area contributed by atoms with Crippen LogP contribution in [0.4, 0.5) is 17.6 Å². The average molecular weight is 1340 g/mol. The van der Waals surface area contributed by atoms with Crippen LogP contribution in [0.5, 0.6) is 0 Å². The van der Waals surface area contributed by atoms with E-state index in [4.69, 9.17) is 33.9 Å². The summed E-state index contributed by atoms with van der Waals surface area (Å²) in [7, 11) is 0. The van der Waals surface area contributed by atoms with Crippen molar-refractivity contribution in [3.63, 3.8) is 0 Å². The summed E-state index contributed by atoms with van der Waals surface area (Å²) in [4.78, 5) is 111. The van der Waals surface area contributed by atoms with Crippen LogP contribution >= 0.6 is 0 Å². The van der Waals surface area contributed by atoms with Crippen molar-refractivity contribution >= 4 is 59.7 Å². The number of halogens is 4. The van der Waals surface area contributed by atoms with Crippen LogP contribution in [0.15, 0.2) is 36.5 Å². The van der Waals surface area contributed by atoms with Crippen molar-refractivity contribution < 1.29 is 114 Å². The van der Waals surface area contributed by atoms with Crippen molar-refractivity contribution in [3.8, 4) is 0 Å². The van der Waals surface area contributed by atoms with Gasteiger partial charge >= 0.3 is 71.5 Å². The van der Waals surface area contributed by atoms with Gasteiger partial charge in [0.05, 0.1) is 29.1 Å². The molecule has 0 aromatic carbocycles. The van der Waals surface area contributed by atoms with E-state index in [1.807, 2.05) is 34.6 Å². The number of aliphatic carboxylic acids is 2. The van der Waals surface area contributed by atoms with Crippen molar-refractivity contribution in [2.75, 3.05) is 13.2 Å². The molecule has 0 radical (unpaired) electrons. The lowest BCUT2D eigenvalue weighted by Crippen LogP contribution is -2.58. The smallest absolute Gasteiger partial charge is 0.378 e. The molecule has 534 valence electrons. The molecule has 2 heterocycles. The van der Waals surface area contributed by atoms with Crippen LogP contribution < -0.4 is 0 Å². The van der Waals surface area contributed by atoms with Crippen LogP contribution in [-0.2, 0) is 85.8 Å². The Morgan fingerprint density at radius 3 is 1.09 bits per heavy atom. The van der Waals surface area contributed by atoms with Gasteiger partial charge in [-0.1, -0.05) is 54.4 Å². The van der Waals surface area contributed by atoms with Gasteiger partial charge in [-0.15, -0.1) is 0 Å². The summed E-state index contributed by atoms with van der Waals surface area (Å²) in [5, 5.41) is 16.6. The zero-order chi connectivity index (χ0) is 72.0. The zero-order valence-electron chi connectivity index (χ0n) is 58.2. The lowest BCUT2D eigenvalue weighted by atomic mass is 9.50. The predicted molar refractivity (Wildman–Crippen MR) is 336 cm³/mol. The van der Waals surface area contributed by atoms with E-state index in [-0.39, 0.29) is 97.0 Å². The number of carbonyl (C=O) groups is 10. The minimum Gasteiger partial charge on any atom is -0.477 e. The van der Waals surface area contributed by atoms with Gasteiger partial charge in [0.15, 0.2) is 12.2 Å². The molecule has 4 unspecified atom stereocenters. The highest BCUT2D eigenvalue weighted by molar-refractivity contribution is 5.89. The van der Waals surface area contributed by atoms with Gasteiger partial charge in [0.2, 0.25) is 0 Å². The topological polar surface area (TPSA) is 285 Å². The Morgan fingerprint density at radius 1 is 0.479 bits per heavy atom. The SMILES string of the molecule is C=C(C)C(=O)OC(CC)C(F)(F)C(=O)O.C=C(C)C(=O)OC1(C)C2CC3CC(C2)CC1C3.C=C(C)C(=O)OC1COC(=O)C1.CCC(C)(C)C(=O)OC1(C)C2CC3CC(C2)CC1C3.CCC(C)(C)C(=O)OC1COC(=O)C1.CCC(OC(=O)C(C)(C)CC)C(F)(F)C(=O)O. The molecule has 20 nitrogen and oxygen atoms in total. The average Bonchev–Trinajstić information content (AvgIpc) is 0.820. The summed E-state index contributed by atoms with van der Waals surface area (Å²) in [6, 6.07) is 0. The highest BCUT2D eigenvalue weighted by atomic mass is 19.3. The summed E-state index contributed by atoms with van der Waals surface area (Å²) in [5.74, 6) is -9.99. The molecule has 0 aromatic heterocycles. The first-order valence-electron chi connectivity index (χ1n) is 33.0. The second-order valence-electron chi connectivity index (χ2n) is 29.1. The molecule has 0 aromatic rings. The number of carboxylic acids is 2. The van der Waals surface area contributed by atoms with E-state index in [0.717, 1.165) is 30.1 Å². The number of rotatable bonds is 21. The maximum Gasteiger partial charge on any atom is 0.378 e. The minimum atomic E-state index is -4.08. The first kappa shape index (κ1) is 81.9. The van der Waals surface area contributed by atoms with Gasteiger partial charge in [-0.2, -0.15) is 17.6 Å². The number of carboxylic acid groups (broad SMARTS) is 2. The molecular weight excluding hydrogens is 1240 g/mol. The Bertz CT molecular complexity index is 2710. The van der Waals surface area contributed by atoms with Gasteiger partial charge in [0.1, 0.15) is 36.6 Å². The van der Waals surface area contributed by atoms with Gasteiger partial charge in [-0.05, 0) is 220 Å². The fourth-order valence-corrected chi connectivity index (χ4v) is 12.9. The lowest BCUT2D eigenvalue weighted by molar-refractivity contribution is -0.211. The molecule has 10 aliphatic rings. The van der Waals surface area contributed by atoms with Crippen molar-refractivity contribution in [1.29, 1.82) is 0 Å². The van der Waals surface area contributed by atoms with Crippen LogP contribution in [0.2, 0.25) is 0 Å². The normalized spacial score (nSPS) is 28.2. The van der Waals surface area contributed by atoms with Crippen LogP contribution in [0.1, 0.15) is 220 Å². The molecular formula is C70H106F4O20. The largest absolute Gasteiger partial charge is 0.477 e. The molecule has 8 saturated carbocycles. The highest BCUT2D eigenvalue weighted by Crippen LogP contribution is 2.61. The molecule has 0 amide bonds. The van der Waals surface area contributed by atoms with Gasteiger partial charge in [-0.25, -0.2) is 24.0 Å². The molecule has 2 N–H and O–H groups in total. The molecule has 8 bridgehead atoms. The molecule has 94 heavy (non-hydrogen) atoms. The van der Waals surface area contributed by atoms with E-state index < -0.39 is 70.8 Å². The Balaban J connectivity index is 0.000000296. The molecule has 4 atom stereocenters. The molecule has 24 heteroatoms. The van der Waals surface area contributed by atoms with Gasteiger partial charge in [0, 0.05) is 16.7 Å². The van der Waals surface area contributed by atoms with Crippen molar-refractivity contribution in [2.24, 2.45) is 63.6 Å². The number of hydrogen-bond acceptors (Lipinski definition) is 18. The number of esters is 8. The quantitative estimate of drug-likeness (QED) is 0.0467. The molecule has 10 fully saturated rings. The summed E-state index contributed by atoms with van der Waals surface area (Å²) in [5.41, 5.74) is -1.30. The molecule has 10 rings (SSSR count). The third-order valence-electron chi connectivity index (χ3n) is 20.3. The summed E-state index contributed by atoms with van der Waals surface area (Å²) >= 11 is 0. The molecule has 2 aliphatic heterocycles. The monoisotopic (exact) mass is 1340 g/mol. The third kappa shape index (κ3) is 21.6. The van der Waals surface area contributed by atoms with Crippen molar-refractivity contribution in [2.45, 2.75) is 267 Å². The number of hydrogen-bond donors (Lipinski definition) is 2. The fraction of sp³-hybridized carbons (Fsp3) is 0.771. The van der Waals surface area contributed by atoms with Gasteiger partial charge in [-0.3, -0.25) is 24.0 Å². The van der Waals surface area contributed by atoms with Crippen LogP contribution in [-0.4, -0.2) is 131 Å². The van der Waals surface area contributed by atoms with Crippen LogP contribution in [0, 0.1) is 63.6 Å². The van der Waals surface area contributed by atoms with Gasteiger partial charge < -0.3 is 48.1 Å². The first-order valence-corrected chi connectivity index (χ1v) is 33.0. The second kappa shape index (κ2) is 33.5. The summed E-state index contributed by atoms with van der Waals surface area (Å²) in [6.45, 7) is 38.8. The molecule has 0 spiro atoms. The fourth-order valence-electron chi connectivity index (χ4n) is 12.9. The van der Waals surface area contributed by atoms with Gasteiger partial charge in [0.25, 0.3) is 0 Å². The highest BCUT2D eigenvalue weighted by Gasteiger charge is 2.59. The summed E-state index contributed by atoms with van der Waals surface area (Å²) < 4.78 is 92.4. The Morgan fingerprint density at radius 2 is 0.787 bits per heavy atom. The third-order valence-corrected chi connectivity index (χ3v) is 20.3. The zero-order valence-corrected chi connectivity index (χ0v) is 58.2. The number of alkyl halides is 4. The van der Waals surface area contributed by atoms with E-state index in [1.54, 1.807) is 34.6 Å². The Labute approximate surface area is 552 Å². The Hall–Kier alpha value is -6.36. The van der Waals surface area contributed by atoms with E-state index in [9.17, 15) is 65.5 Å². The molecule has 2 saturated heterocycles. The maximum atomic E-state index is 13.2. The standard InChI is InChI=1S/C17H28O2.C15H22O2.C11H18F2O4.C10H16O4.C9H12F2O4.C8H10O4/c1-5-16(2,3)15(18)19-17(4)13-7-11-6-12(9-13)10-14(17)8-11;1-9(2)14(16)17-15(3)12-5-10-4-11(7-12)8-13(15)6-10;1-5-7(11(12,13)8(14)15)17-9(16)10(3,4)6-2;1-4-10(2,3)9(12)14-7-5-8(11)13-6-7;1-4-6(9(10,11)8(13)14)15-7(12)5(2)3;1-5(2)8(10)12-6-3-7(9)11-4-6/h11-14H,5-10H2,1-4H3;10-13H,1,4-8H2,2-3H3;7H,5-6H2,1-4H3,(H,14,15);7H,4-6H2,1-3H3;6H,2,4H2,1,3H3,(H,13,14);6H,1,3-4H2,2H3. The second-order valence-corrected chi connectivity index (χ2v) is 29.1. The number of cyclic esters (lactones) is 2. The van der Waals surface area contributed by atoms with Crippen LogP contribution in [0.3, 0.4) is 0 Å². The van der Waals surface area contributed by atoms with Crippen molar-refractivity contribution in [1.82, 2.24) is 0 Å². The van der Waals surface area contributed by atoms with E-state index >= 15 is 0 Å². The minimum absolute atomic E-state index is 0.0185. The van der Waals surface area contributed by atoms with E-state index in [1.165, 1.54) is 85.0 Å². The predicted octanol–water partition coefficient (Wildman–Crippen LogP) is 13.3. The lowest BCUT2D eigenvalue weighted by Gasteiger charge is -2.59.